The Kier molecular flexibility index (Phi) is 5.45. The van der Waals surface area contributed by atoms with E-state index in [0.29, 0.717) is 46.4 Å². The topological polar surface area (TPSA) is 77.1 Å². The molecule has 2 aliphatic heterocycles. The monoisotopic (exact) mass is 456 g/mol. The molecule has 7 heteroatoms. The van der Waals surface area contributed by atoms with E-state index in [1.165, 1.54) is 4.90 Å². The lowest BCUT2D eigenvalue weighted by Crippen LogP contribution is -2.32. The molecule has 0 aliphatic carbocycles. The fourth-order valence-electron chi connectivity index (χ4n) is 4.25. The molecule has 172 valence electrons. The highest BCUT2D eigenvalue weighted by Gasteiger charge is 2.42. The minimum Gasteiger partial charge on any atom is -0.492 e. The van der Waals surface area contributed by atoms with Crippen molar-refractivity contribution in [3.8, 4) is 17.2 Å². The number of para-hydroxylation sites is 2. The molecule has 0 spiro atoms. The molecule has 0 saturated carbocycles. The number of hydrogen-bond donors (Lipinski definition) is 1. The maximum Gasteiger partial charge on any atom is 0.282 e. The van der Waals surface area contributed by atoms with Crippen LogP contribution in [0.2, 0.25) is 0 Å². The smallest absolute Gasteiger partial charge is 0.282 e. The van der Waals surface area contributed by atoms with Crippen molar-refractivity contribution in [3.05, 3.63) is 83.1 Å². The van der Waals surface area contributed by atoms with Crippen LogP contribution in [0.25, 0.3) is 5.57 Å². The van der Waals surface area contributed by atoms with Crippen molar-refractivity contribution in [1.82, 2.24) is 0 Å². The number of ether oxygens (including phenoxy) is 3. The zero-order valence-corrected chi connectivity index (χ0v) is 19.2. The summed E-state index contributed by atoms with van der Waals surface area (Å²) >= 11 is 0. The molecule has 2 heterocycles. The summed E-state index contributed by atoms with van der Waals surface area (Å²) in [4.78, 5) is 28.7. The summed E-state index contributed by atoms with van der Waals surface area (Å²) in [6.45, 7) is 6.34. The number of fused-ring (bicyclic) bond motifs is 1. The molecule has 2 amide bonds. The Balaban J connectivity index is 1.63. The first-order valence-corrected chi connectivity index (χ1v) is 11.1. The number of carbonyl (C=O) groups is 2. The predicted octanol–water partition coefficient (Wildman–Crippen LogP) is 4.83. The lowest BCUT2D eigenvalue weighted by atomic mass is 9.97. The number of nitrogens with one attached hydrogen (secondary N) is 1. The normalized spacial score (nSPS) is 14.7. The number of hydrogen-bond acceptors (Lipinski definition) is 6. The van der Waals surface area contributed by atoms with Gasteiger partial charge < -0.3 is 19.5 Å². The summed E-state index contributed by atoms with van der Waals surface area (Å²) in [7, 11) is 0. The van der Waals surface area contributed by atoms with Crippen molar-refractivity contribution in [2.75, 3.05) is 23.6 Å². The van der Waals surface area contributed by atoms with E-state index in [1.54, 1.807) is 36.4 Å². The Morgan fingerprint density at radius 3 is 2.53 bits per heavy atom. The first-order chi connectivity index (χ1) is 16.5. The van der Waals surface area contributed by atoms with E-state index in [0.717, 1.165) is 11.1 Å². The second-order valence-electron chi connectivity index (χ2n) is 8.11. The fraction of sp³-hybridized carbons (Fsp3) is 0.185. The molecule has 7 nitrogen and oxygen atoms in total. The zero-order chi connectivity index (χ0) is 23.8. The first kappa shape index (κ1) is 21.6. The molecule has 0 bridgehead atoms. The molecule has 0 radical (unpaired) electrons. The Morgan fingerprint density at radius 1 is 0.941 bits per heavy atom. The van der Waals surface area contributed by atoms with Crippen molar-refractivity contribution in [3.63, 3.8) is 0 Å². The van der Waals surface area contributed by atoms with Crippen LogP contribution in [-0.4, -0.2) is 25.2 Å². The second kappa shape index (κ2) is 8.59. The summed E-state index contributed by atoms with van der Waals surface area (Å²) in [6, 6.07) is 18.2. The first-order valence-electron chi connectivity index (χ1n) is 11.1. The van der Waals surface area contributed by atoms with Crippen LogP contribution in [0.15, 0.2) is 66.4 Å². The summed E-state index contributed by atoms with van der Waals surface area (Å²) in [5.41, 5.74) is 4.20. The summed E-state index contributed by atoms with van der Waals surface area (Å²) < 4.78 is 16.6. The van der Waals surface area contributed by atoms with Crippen molar-refractivity contribution < 1.29 is 23.8 Å². The number of nitrogens with zero attached hydrogens (tertiary/aromatic N) is 1. The van der Waals surface area contributed by atoms with Gasteiger partial charge in [0.2, 0.25) is 6.79 Å². The lowest BCUT2D eigenvalue weighted by molar-refractivity contribution is -0.120. The summed E-state index contributed by atoms with van der Waals surface area (Å²) in [5.74, 6) is 0.817. The van der Waals surface area contributed by atoms with E-state index in [-0.39, 0.29) is 12.5 Å². The molecule has 3 aromatic rings. The molecule has 0 atom stereocenters. The van der Waals surface area contributed by atoms with Crippen LogP contribution >= 0.6 is 0 Å². The van der Waals surface area contributed by atoms with Crippen molar-refractivity contribution >= 4 is 28.8 Å². The minimum absolute atomic E-state index is 0.148. The van der Waals surface area contributed by atoms with Crippen molar-refractivity contribution in [1.29, 1.82) is 0 Å². The minimum atomic E-state index is -0.454. The number of carbonyl (C=O) groups excluding carboxylic acids is 2. The van der Waals surface area contributed by atoms with E-state index in [2.05, 4.69) is 5.32 Å². The number of amides is 2. The second-order valence-corrected chi connectivity index (χ2v) is 8.11. The van der Waals surface area contributed by atoms with Gasteiger partial charge in [-0.2, -0.15) is 0 Å². The van der Waals surface area contributed by atoms with Crippen LogP contribution in [0.3, 0.4) is 0 Å². The van der Waals surface area contributed by atoms with E-state index >= 15 is 0 Å². The van der Waals surface area contributed by atoms with E-state index < -0.39 is 11.8 Å². The highest BCUT2D eigenvalue weighted by atomic mass is 16.7. The average Bonchev–Trinajstić information content (AvgIpc) is 3.37. The van der Waals surface area contributed by atoms with Gasteiger partial charge >= 0.3 is 0 Å². The largest absolute Gasteiger partial charge is 0.492 e. The number of benzene rings is 3. The maximum absolute atomic E-state index is 13.8. The van der Waals surface area contributed by atoms with Crippen LogP contribution in [0.5, 0.6) is 17.2 Å². The third kappa shape index (κ3) is 3.65. The summed E-state index contributed by atoms with van der Waals surface area (Å²) in [5, 5.41) is 3.18. The van der Waals surface area contributed by atoms with Gasteiger partial charge in [0.1, 0.15) is 11.4 Å². The quantitative estimate of drug-likeness (QED) is 0.536. The van der Waals surface area contributed by atoms with Gasteiger partial charge in [-0.05, 0) is 56.2 Å². The molecule has 3 aromatic carbocycles. The van der Waals surface area contributed by atoms with E-state index in [4.69, 9.17) is 14.2 Å². The van der Waals surface area contributed by atoms with Gasteiger partial charge in [-0.3, -0.25) is 9.59 Å². The van der Waals surface area contributed by atoms with Gasteiger partial charge in [0, 0.05) is 11.8 Å². The van der Waals surface area contributed by atoms with Gasteiger partial charge in [-0.1, -0.05) is 35.9 Å². The third-order valence-corrected chi connectivity index (χ3v) is 5.78. The van der Waals surface area contributed by atoms with Gasteiger partial charge in [0.25, 0.3) is 11.8 Å². The van der Waals surface area contributed by atoms with Gasteiger partial charge in [0.15, 0.2) is 11.5 Å². The van der Waals surface area contributed by atoms with Crippen LogP contribution < -0.4 is 24.4 Å². The zero-order valence-electron chi connectivity index (χ0n) is 19.2. The number of anilines is 2. The molecule has 34 heavy (non-hydrogen) atoms. The molecule has 0 fully saturated rings. The Labute approximate surface area is 197 Å². The van der Waals surface area contributed by atoms with Crippen LogP contribution in [0, 0.1) is 13.8 Å². The fourth-order valence-corrected chi connectivity index (χ4v) is 4.25. The Hall–Kier alpha value is -4.26. The third-order valence-electron chi connectivity index (χ3n) is 5.78. The Morgan fingerprint density at radius 2 is 1.74 bits per heavy atom. The Bertz CT molecular complexity index is 1340. The lowest BCUT2D eigenvalue weighted by Gasteiger charge is -2.19. The van der Waals surface area contributed by atoms with Crippen LogP contribution in [0.4, 0.5) is 11.4 Å². The van der Waals surface area contributed by atoms with Gasteiger partial charge in [0.05, 0.1) is 17.9 Å². The van der Waals surface area contributed by atoms with Crippen LogP contribution in [-0.2, 0) is 9.59 Å². The van der Waals surface area contributed by atoms with Crippen molar-refractivity contribution in [2.24, 2.45) is 0 Å². The molecule has 2 aliphatic rings. The maximum atomic E-state index is 13.8. The standard InChI is InChI=1S/C27H24N2O5/c1-4-32-21-8-6-5-7-20(21)29-26(30)24(19-11-9-16(2)13-17(19)3)25(27(29)31)28-18-10-12-22-23(14-18)34-15-33-22/h5-14,28H,4,15H2,1-3H3. The molecular weight excluding hydrogens is 432 g/mol. The average molecular weight is 456 g/mol. The molecule has 0 unspecified atom stereocenters. The SMILES string of the molecule is CCOc1ccccc1N1C(=O)C(Nc2ccc3c(c2)OCO3)=C(c2ccc(C)cc2C)C1=O. The molecule has 0 saturated heterocycles. The van der Waals surface area contributed by atoms with Gasteiger partial charge in [-0.15, -0.1) is 0 Å². The van der Waals surface area contributed by atoms with E-state index in [9.17, 15) is 9.59 Å². The number of aryl methyl sites for hydroxylation is 2. The predicted molar refractivity (Wildman–Crippen MR) is 129 cm³/mol. The molecule has 0 aromatic heterocycles. The van der Waals surface area contributed by atoms with Gasteiger partial charge in [-0.25, -0.2) is 4.90 Å². The van der Waals surface area contributed by atoms with E-state index in [1.807, 2.05) is 45.0 Å². The molecular formula is C27H24N2O5. The summed E-state index contributed by atoms with van der Waals surface area (Å²) in [6.07, 6.45) is 0. The molecule has 1 N–H and O–H groups in total. The molecule has 5 rings (SSSR count). The highest BCUT2D eigenvalue weighted by molar-refractivity contribution is 6.46. The van der Waals surface area contributed by atoms with Crippen molar-refractivity contribution in [2.45, 2.75) is 20.8 Å². The van der Waals surface area contributed by atoms with Crippen LogP contribution in [0.1, 0.15) is 23.6 Å². The highest BCUT2D eigenvalue weighted by Crippen LogP contribution is 2.40. The number of rotatable bonds is 6. The number of imide groups is 1.